The lowest BCUT2D eigenvalue weighted by Gasteiger charge is -2.25. The van der Waals surface area contributed by atoms with Crippen molar-refractivity contribution in [2.24, 2.45) is 0 Å². The Hall–Kier alpha value is -2.21. The molecule has 3 rings (SSSR count). The van der Waals surface area contributed by atoms with Crippen LogP contribution in [0.4, 0.5) is 5.82 Å². The number of amides is 1. The number of carbonyl (C=O) groups excluding carboxylic acids is 1. The molecule has 2 aromatic rings. The number of rotatable bonds is 5. The van der Waals surface area contributed by atoms with Crippen LogP contribution in [0.15, 0.2) is 12.1 Å². The van der Waals surface area contributed by atoms with Gasteiger partial charge in [-0.3, -0.25) is 9.89 Å². The average Bonchev–Trinajstić information content (AvgIpc) is 2.90. The Kier molecular flexibility index (Phi) is 4.66. The first-order valence-electron chi connectivity index (χ1n) is 7.98. The van der Waals surface area contributed by atoms with Crippen molar-refractivity contribution in [3.05, 3.63) is 34.0 Å². The van der Waals surface area contributed by atoms with Crippen LogP contribution < -0.4 is 14.8 Å². The van der Waals surface area contributed by atoms with Crippen LogP contribution in [0.5, 0.6) is 11.5 Å². The molecule has 1 aliphatic rings. The first-order chi connectivity index (χ1) is 11.5. The molecule has 1 atom stereocenters. The zero-order valence-corrected chi connectivity index (χ0v) is 14.7. The van der Waals surface area contributed by atoms with E-state index >= 15 is 0 Å². The van der Waals surface area contributed by atoms with E-state index in [2.05, 4.69) is 15.5 Å². The van der Waals surface area contributed by atoms with Gasteiger partial charge in [0.15, 0.2) is 17.3 Å². The van der Waals surface area contributed by atoms with Gasteiger partial charge >= 0.3 is 0 Å². The highest BCUT2D eigenvalue weighted by atomic mass is 35.5. The number of anilines is 1. The number of aryl methyl sites for hydroxylation is 1. The van der Waals surface area contributed by atoms with Crippen LogP contribution in [0.25, 0.3) is 0 Å². The fraction of sp³-hybridized carbons (Fsp3) is 0.412. The lowest BCUT2D eigenvalue weighted by molar-refractivity contribution is -0.116. The summed E-state index contributed by atoms with van der Waals surface area (Å²) in [5, 5.41) is 10.4. The summed E-state index contributed by atoms with van der Waals surface area (Å²) < 4.78 is 11.3. The Morgan fingerprint density at radius 3 is 2.58 bits per heavy atom. The maximum atomic E-state index is 12.0. The molecule has 0 saturated carbocycles. The van der Waals surface area contributed by atoms with E-state index in [4.69, 9.17) is 21.1 Å². The van der Waals surface area contributed by atoms with Crippen LogP contribution in [0.2, 0.25) is 5.02 Å². The highest BCUT2D eigenvalue weighted by Crippen LogP contribution is 2.44. The van der Waals surface area contributed by atoms with Gasteiger partial charge in [-0.25, -0.2) is 0 Å². The maximum absolute atomic E-state index is 12.0. The molecule has 0 radical (unpaired) electrons. The number of ether oxygens (including phenoxy) is 2. The Balaban J connectivity index is 2.10. The molecule has 0 spiro atoms. The standard InChI is InChI=1S/C17H20ClN3O3/c1-4-23-13-6-10(12(18)8-14(13)24-5-2)11-7-15(22)19-17-16(11)9(3)20-21-17/h6,8,11H,4-5,7H2,1-3H3,(H2,19,20,21,22). The molecule has 1 aliphatic heterocycles. The summed E-state index contributed by atoms with van der Waals surface area (Å²) >= 11 is 6.51. The summed E-state index contributed by atoms with van der Waals surface area (Å²) in [6, 6.07) is 3.63. The maximum Gasteiger partial charge on any atom is 0.226 e. The van der Waals surface area contributed by atoms with E-state index in [0.29, 0.717) is 42.0 Å². The van der Waals surface area contributed by atoms with Crippen molar-refractivity contribution in [1.29, 1.82) is 0 Å². The molecule has 1 amide bonds. The molecule has 7 heteroatoms. The zero-order chi connectivity index (χ0) is 17.3. The van der Waals surface area contributed by atoms with Crippen molar-refractivity contribution >= 4 is 23.3 Å². The van der Waals surface area contributed by atoms with Gasteiger partial charge in [0.25, 0.3) is 0 Å². The first kappa shape index (κ1) is 16.6. The van der Waals surface area contributed by atoms with Crippen molar-refractivity contribution in [3.8, 4) is 11.5 Å². The summed E-state index contributed by atoms with van der Waals surface area (Å²) in [4.78, 5) is 12.0. The quantitative estimate of drug-likeness (QED) is 0.864. The SMILES string of the molecule is CCOc1cc(Cl)c(C2CC(=O)Nc3n[nH]c(C)c32)cc1OCC. The summed E-state index contributed by atoms with van der Waals surface area (Å²) in [7, 11) is 0. The molecule has 128 valence electrons. The van der Waals surface area contributed by atoms with Crippen LogP contribution in [0.3, 0.4) is 0 Å². The van der Waals surface area contributed by atoms with Crippen molar-refractivity contribution in [3.63, 3.8) is 0 Å². The van der Waals surface area contributed by atoms with Crippen molar-refractivity contribution in [2.75, 3.05) is 18.5 Å². The average molecular weight is 350 g/mol. The number of fused-ring (bicyclic) bond motifs is 1. The number of carbonyl (C=O) groups is 1. The van der Waals surface area contributed by atoms with Gasteiger partial charge in [0.2, 0.25) is 5.91 Å². The number of hydrogen-bond donors (Lipinski definition) is 2. The lowest BCUT2D eigenvalue weighted by atomic mass is 9.85. The van der Waals surface area contributed by atoms with Crippen molar-refractivity contribution in [1.82, 2.24) is 10.2 Å². The summed E-state index contributed by atoms with van der Waals surface area (Å²) in [5.74, 6) is 1.55. The number of halogens is 1. The fourth-order valence-electron chi connectivity index (χ4n) is 3.05. The summed E-state index contributed by atoms with van der Waals surface area (Å²) in [5.41, 5.74) is 2.71. The molecule has 6 nitrogen and oxygen atoms in total. The van der Waals surface area contributed by atoms with Gasteiger partial charge in [-0.05, 0) is 32.4 Å². The van der Waals surface area contributed by atoms with E-state index in [1.165, 1.54) is 0 Å². The molecule has 2 N–H and O–H groups in total. The minimum absolute atomic E-state index is 0.0816. The molecule has 0 bridgehead atoms. The largest absolute Gasteiger partial charge is 0.490 e. The van der Waals surface area contributed by atoms with Crippen molar-refractivity contribution in [2.45, 2.75) is 33.1 Å². The van der Waals surface area contributed by atoms with Gasteiger partial charge in [-0.15, -0.1) is 0 Å². The number of nitrogens with zero attached hydrogens (tertiary/aromatic N) is 1. The van der Waals surface area contributed by atoms with Gasteiger partial charge < -0.3 is 14.8 Å². The van der Waals surface area contributed by atoms with E-state index < -0.39 is 0 Å². The van der Waals surface area contributed by atoms with E-state index in [9.17, 15) is 4.79 Å². The topological polar surface area (TPSA) is 76.2 Å². The Morgan fingerprint density at radius 1 is 1.25 bits per heavy atom. The molecule has 1 aromatic heterocycles. The smallest absolute Gasteiger partial charge is 0.226 e. The molecule has 1 aromatic carbocycles. The minimum Gasteiger partial charge on any atom is -0.490 e. The van der Waals surface area contributed by atoms with Gasteiger partial charge in [0.1, 0.15) is 0 Å². The number of hydrogen-bond acceptors (Lipinski definition) is 4. The molecule has 1 unspecified atom stereocenters. The Morgan fingerprint density at radius 2 is 1.92 bits per heavy atom. The third-order valence-electron chi connectivity index (χ3n) is 4.03. The predicted octanol–water partition coefficient (Wildman–Crippen LogP) is 3.64. The molecular weight excluding hydrogens is 330 g/mol. The molecule has 0 fully saturated rings. The van der Waals surface area contributed by atoms with Gasteiger partial charge in [-0.1, -0.05) is 11.6 Å². The second-order valence-electron chi connectivity index (χ2n) is 5.60. The first-order valence-corrected chi connectivity index (χ1v) is 8.36. The third kappa shape index (κ3) is 2.94. The fourth-order valence-corrected chi connectivity index (χ4v) is 3.34. The number of benzene rings is 1. The zero-order valence-electron chi connectivity index (χ0n) is 13.9. The monoisotopic (exact) mass is 349 g/mol. The van der Waals surface area contributed by atoms with Gasteiger partial charge in [0, 0.05) is 34.7 Å². The van der Waals surface area contributed by atoms with Crippen LogP contribution >= 0.6 is 11.6 Å². The molecule has 24 heavy (non-hydrogen) atoms. The van der Waals surface area contributed by atoms with E-state index in [0.717, 1.165) is 16.8 Å². The predicted molar refractivity (Wildman–Crippen MR) is 92.2 cm³/mol. The molecule has 0 aliphatic carbocycles. The van der Waals surface area contributed by atoms with Crippen molar-refractivity contribution < 1.29 is 14.3 Å². The van der Waals surface area contributed by atoms with Crippen LogP contribution in [-0.2, 0) is 4.79 Å². The number of aromatic amines is 1. The number of aromatic nitrogens is 2. The van der Waals surface area contributed by atoms with Crippen LogP contribution in [0, 0.1) is 6.92 Å². The third-order valence-corrected chi connectivity index (χ3v) is 4.36. The minimum atomic E-state index is -0.171. The Labute approximate surface area is 145 Å². The van der Waals surface area contributed by atoms with Crippen LogP contribution in [-0.4, -0.2) is 29.3 Å². The van der Waals surface area contributed by atoms with Gasteiger partial charge in [-0.2, -0.15) is 5.10 Å². The second-order valence-corrected chi connectivity index (χ2v) is 6.01. The lowest BCUT2D eigenvalue weighted by Crippen LogP contribution is -2.23. The molecular formula is C17H20ClN3O3. The van der Waals surface area contributed by atoms with E-state index in [1.807, 2.05) is 26.8 Å². The summed E-state index contributed by atoms with van der Waals surface area (Å²) in [6.45, 7) is 6.79. The highest BCUT2D eigenvalue weighted by molar-refractivity contribution is 6.31. The normalized spacial score (nSPS) is 16.5. The highest BCUT2D eigenvalue weighted by Gasteiger charge is 2.32. The van der Waals surface area contributed by atoms with Crippen LogP contribution in [0.1, 0.15) is 43.0 Å². The summed E-state index contributed by atoms with van der Waals surface area (Å²) in [6.07, 6.45) is 0.312. The number of nitrogens with one attached hydrogen (secondary N) is 2. The molecule has 0 saturated heterocycles. The Bertz CT molecular complexity index is 773. The van der Waals surface area contributed by atoms with E-state index in [-0.39, 0.29) is 11.8 Å². The van der Waals surface area contributed by atoms with E-state index in [1.54, 1.807) is 6.07 Å². The number of H-pyrrole nitrogens is 1. The molecule has 2 heterocycles. The second kappa shape index (κ2) is 6.73. The van der Waals surface area contributed by atoms with Gasteiger partial charge in [0.05, 0.1) is 13.2 Å².